The molecule has 0 saturated carbocycles. The number of methoxy groups -OCH3 is 1. The summed E-state index contributed by atoms with van der Waals surface area (Å²) in [5.74, 6) is -0.102. The van der Waals surface area contributed by atoms with Crippen molar-refractivity contribution in [3.8, 4) is 0 Å². The van der Waals surface area contributed by atoms with Crippen LogP contribution in [0.2, 0.25) is 0 Å². The zero-order chi connectivity index (χ0) is 15.9. The fraction of sp³-hybridized carbons (Fsp3) is 0.882. The first-order chi connectivity index (χ1) is 10.1. The van der Waals surface area contributed by atoms with Crippen molar-refractivity contribution in [2.45, 2.75) is 78.1 Å². The third-order valence-electron chi connectivity index (χ3n) is 3.67. The van der Waals surface area contributed by atoms with Gasteiger partial charge in [-0.25, -0.2) is 0 Å². The Kier molecular flexibility index (Phi) is 13.2. The minimum atomic E-state index is -0.185. The van der Waals surface area contributed by atoms with E-state index in [1.807, 2.05) is 0 Å². The molecule has 21 heavy (non-hydrogen) atoms. The van der Waals surface area contributed by atoms with Gasteiger partial charge in [0.2, 0.25) is 0 Å². The van der Waals surface area contributed by atoms with Gasteiger partial charge >= 0.3 is 11.9 Å². The van der Waals surface area contributed by atoms with Crippen molar-refractivity contribution in [1.29, 1.82) is 0 Å². The van der Waals surface area contributed by atoms with E-state index >= 15 is 0 Å². The van der Waals surface area contributed by atoms with E-state index in [9.17, 15) is 9.59 Å². The Morgan fingerprint density at radius 1 is 0.905 bits per heavy atom. The van der Waals surface area contributed by atoms with E-state index in [-0.39, 0.29) is 17.9 Å². The van der Waals surface area contributed by atoms with Gasteiger partial charge in [0.25, 0.3) is 0 Å². The van der Waals surface area contributed by atoms with Crippen LogP contribution in [0.25, 0.3) is 0 Å². The third kappa shape index (κ3) is 12.4. The molecule has 0 fully saturated rings. The number of ether oxygens (including phenoxy) is 2. The van der Waals surface area contributed by atoms with E-state index in [1.165, 1.54) is 26.4 Å². The Morgan fingerprint density at radius 2 is 1.62 bits per heavy atom. The van der Waals surface area contributed by atoms with Crippen LogP contribution in [0.1, 0.15) is 78.1 Å². The largest absolute Gasteiger partial charge is 0.469 e. The van der Waals surface area contributed by atoms with Crippen LogP contribution < -0.4 is 0 Å². The summed E-state index contributed by atoms with van der Waals surface area (Å²) in [7, 11) is 1.41. The van der Waals surface area contributed by atoms with Crippen molar-refractivity contribution in [1.82, 2.24) is 0 Å². The van der Waals surface area contributed by atoms with E-state index in [1.54, 1.807) is 0 Å². The number of carbonyl (C=O) groups is 2. The highest BCUT2D eigenvalue weighted by Gasteiger charge is 2.16. The summed E-state index contributed by atoms with van der Waals surface area (Å²) >= 11 is 0. The topological polar surface area (TPSA) is 52.6 Å². The number of carbonyl (C=O) groups excluding carboxylic acids is 2. The maximum absolute atomic E-state index is 11.6. The number of esters is 2. The molecule has 0 saturated heterocycles. The average Bonchev–Trinajstić information content (AvgIpc) is 2.48. The molecule has 0 aliphatic carbocycles. The summed E-state index contributed by atoms with van der Waals surface area (Å²) in [5.41, 5.74) is 0. The number of unbranched alkanes of at least 4 members (excludes halogenated alkanes) is 4. The van der Waals surface area contributed by atoms with Crippen molar-refractivity contribution in [2.75, 3.05) is 13.7 Å². The second kappa shape index (κ2) is 13.9. The Balaban J connectivity index is 4.01. The van der Waals surface area contributed by atoms with Crippen molar-refractivity contribution >= 4 is 11.9 Å². The summed E-state index contributed by atoms with van der Waals surface area (Å²) in [6, 6.07) is 0. The van der Waals surface area contributed by atoms with Gasteiger partial charge in [-0.05, 0) is 25.2 Å². The van der Waals surface area contributed by atoms with E-state index in [0.29, 0.717) is 25.9 Å². The average molecular weight is 300 g/mol. The molecule has 0 rings (SSSR count). The first-order valence-corrected chi connectivity index (χ1v) is 8.36. The molecule has 0 aromatic rings. The van der Waals surface area contributed by atoms with Crippen LogP contribution in [0.15, 0.2) is 0 Å². The molecular formula is C17H32O4. The summed E-state index contributed by atoms with van der Waals surface area (Å²) in [6.07, 6.45) is 9.17. The molecule has 0 radical (unpaired) electrons. The molecule has 124 valence electrons. The van der Waals surface area contributed by atoms with E-state index in [0.717, 1.165) is 25.7 Å². The minimum Gasteiger partial charge on any atom is -0.469 e. The molecule has 0 spiro atoms. The van der Waals surface area contributed by atoms with Crippen LogP contribution in [-0.2, 0) is 19.1 Å². The van der Waals surface area contributed by atoms with Gasteiger partial charge in [0, 0.05) is 12.8 Å². The molecule has 0 N–H and O–H groups in total. The molecule has 0 heterocycles. The number of hydrogen-bond acceptors (Lipinski definition) is 4. The van der Waals surface area contributed by atoms with Gasteiger partial charge in [-0.1, -0.05) is 46.0 Å². The fourth-order valence-electron chi connectivity index (χ4n) is 2.25. The normalized spacial score (nSPS) is 12.0. The molecule has 0 aromatic heterocycles. The van der Waals surface area contributed by atoms with E-state index in [2.05, 4.69) is 13.8 Å². The van der Waals surface area contributed by atoms with Crippen LogP contribution in [0.4, 0.5) is 0 Å². The SMILES string of the molecule is CCCCCCC(CCC(=O)OCCCC)CC(=O)OC. The molecule has 0 aliphatic rings. The number of hydrogen-bond donors (Lipinski definition) is 0. The van der Waals surface area contributed by atoms with Crippen molar-refractivity contribution in [3.05, 3.63) is 0 Å². The second-order valence-electron chi connectivity index (χ2n) is 5.61. The van der Waals surface area contributed by atoms with Crippen LogP contribution in [0.5, 0.6) is 0 Å². The highest BCUT2D eigenvalue weighted by molar-refractivity contribution is 5.70. The first kappa shape index (κ1) is 19.9. The smallest absolute Gasteiger partial charge is 0.305 e. The van der Waals surface area contributed by atoms with Crippen LogP contribution in [0, 0.1) is 5.92 Å². The third-order valence-corrected chi connectivity index (χ3v) is 3.67. The monoisotopic (exact) mass is 300 g/mol. The van der Waals surface area contributed by atoms with Gasteiger partial charge in [-0.15, -0.1) is 0 Å². The minimum absolute atomic E-state index is 0.146. The van der Waals surface area contributed by atoms with Gasteiger partial charge in [0.1, 0.15) is 0 Å². The summed E-state index contributed by atoms with van der Waals surface area (Å²) < 4.78 is 9.89. The Morgan fingerprint density at radius 3 is 2.24 bits per heavy atom. The lowest BCUT2D eigenvalue weighted by Gasteiger charge is -2.15. The Bertz CT molecular complexity index is 276. The van der Waals surface area contributed by atoms with Crippen molar-refractivity contribution < 1.29 is 19.1 Å². The lowest BCUT2D eigenvalue weighted by atomic mass is 9.93. The van der Waals surface area contributed by atoms with Gasteiger partial charge in [-0.2, -0.15) is 0 Å². The van der Waals surface area contributed by atoms with Crippen molar-refractivity contribution in [2.24, 2.45) is 5.92 Å². The zero-order valence-corrected chi connectivity index (χ0v) is 14.0. The second-order valence-corrected chi connectivity index (χ2v) is 5.61. The molecule has 0 amide bonds. The highest BCUT2D eigenvalue weighted by Crippen LogP contribution is 2.20. The number of rotatable bonds is 13. The molecule has 0 aromatic carbocycles. The quantitative estimate of drug-likeness (QED) is 0.377. The molecule has 4 heteroatoms. The van der Waals surface area contributed by atoms with E-state index < -0.39 is 0 Å². The molecular weight excluding hydrogens is 268 g/mol. The summed E-state index contributed by atoms with van der Waals surface area (Å²) in [5, 5.41) is 0. The Hall–Kier alpha value is -1.06. The van der Waals surface area contributed by atoms with E-state index in [4.69, 9.17) is 9.47 Å². The molecule has 0 aliphatic heterocycles. The van der Waals surface area contributed by atoms with Gasteiger partial charge < -0.3 is 9.47 Å². The predicted molar refractivity (Wildman–Crippen MR) is 84.0 cm³/mol. The summed E-state index contributed by atoms with van der Waals surface area (Å²) in [6.45, 7) is 4.75. The van der Waals surface area contributed by atoms with Crippen LogP contribution in [0.3, 0.4) is 0 Å². The van der Waals surface area contributed by atoms with Crippen LogP contribution >= 0.6 is 0 Å². The predicted octanol–water partition coefficient (Wildman–Crippen LogP) is 4.26. The van der Waals surface area contributed by atoms with Crippen molar-refractivity contribution in [3.63, 3.8) is 0 Å². The zero-order valence-electron chi connectivity index (χ0n) is 14.0. The lowest BCUT2D eigenvalue weighted by Crippen LogP contribution is -2.13. The van der Waals surface area contributed by atoms with Gasteiger partial charge in [0.05, 0.1) is 13.7 Å². The molecule has 1 unspecified atom stereocenters. The molecule has 0 bridgehead atoms. The highest BCUT2D eigenvalue weighted by atomic mass is 16.5. The maximum Gasteiger partial charge on any atom is 0.305 e. The van der Waals surface area contributed by atoms with Gasteiger partial charge in [0.15, 0.2) is 0 Å². The molecule has 1 atom stereocenters. The maximum atomic E-state index is 11.6. The molecule has 4 nitrogen and oxygen atoms in total. The van der Waals surface area contributed by atoms with Crippen LogP contribution in [-0.4, -0.2) is 25.7 Å². The Labute approximate surface area is 129 Å². The fourth-order valence-corrected chi connectivity index (χ4v) is 2.25. The first-order valence-electron chi connectivity index (χ1n) is 8.36. The van der Waals surface area contributed by atoms with Gasteiger partial charge in [-0.3, -0.25) is 9.59 Å². The standard InChI is InChI=1S/C17H32O4/c1-4-6-8-9-10-15(14-17(19)20-3)11-12-16(18)21-13-7-5-2/h15H,4-14H2,1-3H3. The summed E-state index contributed by atoms with van der Waals surface area (Å²) in [4.78, 5) is 23.0. The lowest BCUT2D eigenvalue weighted by molar-refractivity contribution is -0.145.